The van der Waals surface area contributed by atoms with Gasteiger partial charge in [0.15, 0.2) is 5.13 Å². The summed E-state index contributed by atoms with van der Waals surface area (Å²) in [5.41, 5.74) is 0.905. The van der Waals surface area contributed by atoms with Gasteiger partial charge in [0.1, 0.15) is 22.0 Å². The van der Waals surface area contributed by atoms with Crippen LogP contribution in [-0.2, 0) is 4.79 Å². The van der Waals surface area contributed by atoms with Crippen LogP contribution in [0.3, 0.4) is 0 Å². The zero-order valence-electron chi connectivity index (χ0n) is 11.6. The Bertz CT molecular complexity index is 912. The number of rotatable bonds is 4. The number of nitrogens with zero attached hydrogens (tertiary/aromatic N) is 2. The Morgan fingerprint density at radius 2 is 2.13 bits per heavy atom. The van der Waals surface area contributed by atoms with Gasteiger partial charge in [-0.1, -0.05) is 29.5 Å². The Morgan fingerprint density at radius 1 is 1.30 bits per heavy atom. The van der Waals surface area contributed by atoms with Gasteiger partial charge in [0.2, 0.25) is 5.91 Å². The van der Waals surface area contributed by atoms with Crippen molar-refractivity contribution in [3.63, 3.8) is 0 Å². The van der Waals surface area contributed by atoms with E-state index in [1.54, 1.807) is 18.2 Å². The summed E-state index contributed by atoms with van der Waals surface area (Å²) in [7, 11) is 0. The number of hydrogen-bond donors (Lipinski definition) is 2. The third-order valence-corrected chi connectivity index (χ3v) is 3.98. The lowest BCUT2D eigenvalue weighted by molar-refractivity contribution is -0.111. The minimum atomic E-state index is -0.470. The van der Waals surface area contributed by atoms with E-state index in [1.807, 2.05) is 0 Å². The first-order chi connectivity index (χ1) is 11.0. The second kappa shape index (κ2) is 6.31. The van der Waals surface area contributed by atoms with Crippen LogP contribution < -0.4 is 10.6 Å². The molecule has 0 fully saturated rings. The van der Waals surface area contributed by atoms with Gasteiger partial charge in [0, 0.05) is 5.02 Å². The fourth-order valence-electron chi connectivity index (χ4n) is 1.83. The van der Waals surface area contributed by atoms with Crippen molar-refractivity contribution in [3.8, 4) is 0 Å². The maximum Gasteiger partial charge on any atom is 0.249 e. The monoisotopic (exact) mass is 348 g/mol. The highest BCUT2D eigenvalue weighted by atomic mass is 35.5. The second-order valence-electron chi connectivity index (χ2n) is 4.48. The van der Waals surface area contributed by atoms with E-state index in [2.05, 4.69) is 27.2 Å². The molecule has 0 aliphatic carbocycles. The maximum absolute atomic E-state index is 13.8. The van der Waals surface area contributed by atoms with Crippen molar-refractivity contribution < 1.29 is 9.18 Å². The highest BCUT2D eigenvalue weighted by Crippen LogP contribution is 2.27. The van der Waals surface area contributed by atoms with Crippen LogP contribution in [0.2, 0.25) is 5.02 Å². The minimum absolute atomic E-state index is 0.269. The van der Waals surface area contributed by atoms with Gasteiger partial charge in [-0.05, 0) is 36.4 Å². The summed E-state index contributed by atoms with van der Waals surface area (Å²) >= 11 is 6.94. The van der Waals surface area contributed by atoms with Gasteiger partial charge in [-0.2, -0.15) is 0 Å². The molecule has 0 aliphatic rings. The number of carbonyl (C=O) groups excluding carboxylic acids is 1. The first-order valence-electron chi connectivity index (χ1n) is 6.48. The number of nitrogens with one attached hydrogen (secondary N) is 2. The van der Waals surface area contributed by atoms with Crippen LogP contribution in [0.1, 0.15) is 0 Å². The smallest absolute Gasteiger partial charge is 0.249 e. The van der Waals surface area contributed by atoms with Crippen LogP contribution in [0.15, 0.2) is 43.0 Å². The topological polar surface area (TPSA) is 66.9 Å². The number of pyridine rings is 1. The van der Waals surface area contributed by atoms with Crippen molar-refractivity contribution >= 4 is 55.8 Å². The number of anilines is 3. The molecule has 0 bridgehead atoms. The molecule has 2 heterocycles. The summed E-state index contributed by atoms with van der Waals surface area (Å²) in [6.45, 7) is 3.38. The second-order valence-corrected chi connectivity index (χ2v) is 5.90. The predicted octanol–water partition coefficient (Wildman–Crippen LogP) is 4.35. The molecule has 116 valence electrons. The third-order valence-electron chi connectivity index (χ3n) is 2.86. The third kappa shape index (κ3) is 3.46. The quantitative estimate of drug-likeness (QED) is 0.688. The van der Waals surface area contributed by atoms with E-state index < -0.39 is 5.82 Å². The van der Waals surface area contributed by atoms with Crippen molar-refractivity contribution in [3.05, 3.63) is 53.8 Å². The maximum atomic E-state index is 13.8. The van der Waals surface area contributed by atoms with E-state index in [0.717, 1.165) is 6.08 Å². The molecule has 0 unspecified atom stereocenters. The fraction of sp³-hybridized carbons (Fsp3) is 0. The Kier molecular flexibility index (Phi) is 4.22. The molecule has 1 amide bonds. The standard InChI is InChI=1S/C15H10ClFN4OS/c1-2-13(22)21-15-19-11-5-6-12(20-14(11)23-15)18-10-4-3-8(16)7-9(10)17/h2-7H,1H2,(H,18,20)(H,19,21,22). The van der Waals surface area contributed by atoms with E-state index >= 15 is 0 Å². The van der Waals surface area contributed by atoms with Crippen LogP contribution in [0.4, 0.5) is 21.0 Å². The Balaban J connectivity index is 1.87. The Hall–Kier alpha value is -2.51. The lowest BCUT2D eigenvalue weighted by Crippen LogP contribution is -2.06. The molecule has 3 rings (SSSR count). The van der Waals surface area contributed by atoms with Crippen molar-refractivity contribution in [2.45, 2.75) is 0 Å². The average molecular weight is 349 g/mol. The molecule has 0 radical (unpaired) electrons. The molecule has 8 heteroatoms. The molecule has 2 aromatic heterocycles. The molecule has 1 aromatic carbocycles. The summed E-state index contributed by atoms with van der Waals surface area (Å²) in [6.07, 6.45) is 1.16. The van der Waals surface area contributed by atoms with Gasteiger partial charge < -0.3 is 5.32 Å². The molecular formula is C15H10ClFN4OS. The van der Waals surface area contributed by atoms with Crippen molar-refractivity contribution in [2.24, 2.45) is 0 Å². The van der Waals surface area contributed by atoms with Crippen molar-refractivity contribution in [2.75, 3.05) is 10.6 Å². The summed E-state index contributed by atoms with van der Waals surface area (Å²) in [4.78, 5) is 20.5. The largest absolute Gasteiger partial charge is 0.338 e. The molecule has 0 atom stereocenters. The van der Waals surface area contributed by atoms with Gasteiger partial charge in [0.05, 0.1) is 5.69 Å². The number of fused-ring (bicyclic) bond motifs is 1. The number of thiazole rings is 1. The van der Waals surface area contributed by atoms with E-state index in [0.29, 0.717) is 26.3 Å². The van der Waals surface area contributed by atoms with Crippen molar-refractivity contribution in [1.29, 1.82) is 0 Å². The minimum Gasteiger partial charge on any atom is -0.338 e. The van der Waals surface area contributed by atoms with E-state index in [9.17, 15) is 9.18 Å². The number of benzene rings is 1. The number of hydrogen-bond acceptors (Lipinski definition) is 5. The number of carbonyl (C=O) groups is 1. The van der Waals surface area contributed by atoms with Gasteiger partial charge in [-0.3, -0.25) is 10.1 Å². The summed E-state index contributed by atoms with van der Waals surface area (Å²) in [6, 6.07) is 7.75. The molecule has 0 saturated carbocycles. The first kappa shape index (κ1) is 15.4. The van der Waals surface area contributed by atoms with Gasteiger partial charge in [-0.15, -0.1) is 0 Å². The zero-order chi connectivity index (χ0) is 16.4. The van der Waals surface area contributed by atoms with Crippen molar-refractivity contribution in [1.82, 2.24) is 9.97 Å². The Morgan fingerprint density at radius 3 is 2.87 bits per heavy atom. The van der Waals surface area contributed by atoms with E-state index in [1.165, 1.54) is 23.5 Å². The lowest BCUT2D eigenvalue weighted by atomic mass is 10.3. The average Bonchev–Trinajstić information content (AvgIpc) is 2.91. The number of amides is 1. The van der Waals surface area contributed by atoms with E-state index in [-0.39, 0.29) is 11.6 Å². The van der Waals surface area contributed by atoms with Crippen LogP contribution in [0.25, 0.3) is 10.3 Å². The van der Waals surface area contributed by atoms with Gasteiger partial charge >= 0.3 is 0 Å². The molecule has 2 N–H and O–H groups in total. The summed E-state index contributed by atoms with van der Waals surface area (Å²) in [5.74, 6) is -0.350. The Labute approximate surface area is 139 Å². The molecular weight excluding hydrogens is 339 g/mol. The first-order valence-corrected chi connectivity index (χ1v) is 7.67. The van der Waals surface area contributed by atoms with Crippen LogP contribution in [-0.4, -0.2) is 15.9 Å². The van der Waals surface area contributed by atoms with Crippen LogP contribution in [0, 0.1) is 5.82 Å². The number of halogens is 2. The molecule has 0 aliphatic heterocycles. The van der Waals surface area contributed by atoms with E-state index in [4.69, 9.17) is 11.6 Å². The van der Waals surface area contributed by atoms with Crippen LogP contribution in [0.5, 0.6) is 0 Å². The van der Waals surface area contributed by atoms with Crippen LogP contribution >= 0.6 is 22.9 Å². The number of aromatic nitrogens is 2. The molecule has 0 spiro atoms. The highest BCUT2D eigenvalue weighted by Gasteiger charge is 2.09. The predicted molar refractivity (Wildman–Crippen MR) is 90.9 cm³/mol. The van der Waals surface area contributed by atoms with Gasteiger partial charge in [-0.25, -0.2) is 14.4 Å². The lowest BCUT2D eigenvalue weighted by Gasteiger charge is -2.06. The highest BCUT2D eigenvalue weighted by molar-refractivity contribution is 7.22. The molecule has 0 saturated heterocycles. The normalized spacial score (nSPS) is 10.5. The fourth-order valence-corrected chi connectivity index (χ4v) is 2.83. The SMILES string of the molecule is C=CC(=O)Nc1nc2ccc(Nc3ccc(Cl)cc3F)nc2s1. The molecule has 5 nitrogen and oxygen atoms in total. The zero-order valence-corrected chi connectivity index (χ0v) is 13.2. The van der Waals surface area contributed by atoms with Gasteiger partial charge in [0.25, 0.3) is 0 Å². The summed E-state index contributed by atoms with van der Waals surface area (Å²) in [5, 5.41) is 6.21. The molecule has 23 heavy (non-hydrogen) atoms. The summed E-state index contributed by atoms with van der Waals surface area (Å²) < 4.78 is 13.8. The molecule has 3 aromatic rings.